The Morgan fingerprint density at radius 2 is 2.05 bits per heavy atom. The fourth-order valence-electron chi connectivity index (χ4n) is 9.10. The van der Waals surface area contributed by atoms with Gasteiger partial charge in [0.25, 0.3) is 5.69 Å². The van der Waals surface area contributed by atoms with E-state index in [0.717, 1.165) is 43.3 Å². The van der Waals surface area contributed by atoms with Gasteiger partial charge < -0.3 is 19.9 Å². The number of nitro groups is 1. The molecule has 3 fully saturated rings. The largest absolute Gasteiger partial charge is 0.461 e. The van der Waals surface area contributed by atoms with Crippen LogP contribution in [0, 0.1) is 33.3 Å². The van der Waals surface area contributed by atoms with Crippen molar-refractivity contribution in [1.82, 2.24) is 0 Å². The van der Waals surface area contributed by atoms with Gasteiger partial charge in [-0.1, -0.05) is 77.9 Å². The summed E-state index contributed by atoms with van der Waals surface area (Å²) in [5.74, 6) is 1.01. The molecule has 1 aromatic carbocycles. The van der Waals surface area contributed by atoms with Gasteiger partial charge in [-0.25, -0.2) is 0 Å². The first-order chi connectivity index (χ1) is 26.6. The minimum Gasteiger partial charge on any atom is -0.461 e. The van der Waals surface area contributed by atoms with Gasteiger partial charge >= 0.3 is 11.9 Å². The monoisotopic (exact) mass is 829 g/mol. The van der Waals surface area contributed by atoms with E-state index in [1.165, 1.54) is 43.0 Å². The third kappa shape index (κ3) is 13.2. The van der Waals surface area contributed by atoms with E-state index >= 15 is 0 Å². The summed E-state index contributed by atoms with van der Waals surface area (Å²) in [5, 5.41) is 28.2. The Morgan fingerprint density at radius 3 is 2.78 bits per heavy atom. The number of ether oxygens (including phenoxy) is 2. The molecule has 0 spiro atoms. The summed E-state index contributed by atoms with van der Waals surface area (Å²) in [7, 11) is 0. The molecule has 3 aliphatic rings. The van der Waals surface area contributed by atoms with Crippen LogP contribution in [0.25, 0.3) is 10.4 Å². The second-order valence-electron chi connectivity index (χ2n) is 16.4. The highest BCUT2D eigenvalue weighted by Crippen LogP contribution is 2.60. The zero-order valence-electron chi connectivity index (χ0n) is 33.9. The highest BCUT2D eigenvalue weighted by atomic mass is 79.9. The average molecular weight is 831 g/mol. The van der Waals surface area contributed by atoms with Crippen LogP contribution in [0.1, 0.15) is 125 Å². The quantitative estimate of drug-likeness (QED) is 0.0202. The van der Waals surface area contributed by atoms with Gasteiger partial charge in [0.1, 0.15) is 23.7 Å². The second kappa shape index (κ2) is 21.0. The molecule has 13 heteroatoms. The predicted octanol–water partition coefficient (Wildman–Crippen LogP) is 11.1. The molecule has 55 heavy (non-hydrogen) atoms. The van der Waals surface area contributed by atoms with Gasteiger partial charge in [0.15, 0.2) is 0 Å². The number of alkyl halides is 1. The Balaban J connectivity index is 1.35. The second-order valence-corrected chi connectivity index (χ2v) is 17.0. The van der Waals surface area contributed by atoms with Crippen molar-refractivity contribution in [2.24, 2.45) is 28.3 Å². The molecule has 2 N–H and O–H groups in total. The van der Waals surface area contributed by atoms with Crippen molar-refractivity contribution in [2.75, 3.05) is 23.8 Å². The molecule has 0 aromatic heterocycles. The number of fused-ring (bicyclic) bond motifs is 1. The van der Waals surface area contributed by atoms with Gasteiger partial charge in [-0.05, 0) is 130 Å². The van der Waals surface area contributed by atoms with Gasteiger partial charge in [-0.3, -0.25) is 19.7 Å². The van der Waals surface area contributed by atoms with Crippen LogP contribution in [0.4, 0.5) is 17.1 Å². The minimum atomic E-state index is -1.17. The van der Waals surface area contributed by atoms with Crippen LogP contribution in [0.3, 0.4) is 0 Å². The molecule has 0 heterocycles. The third-order valence-corrected chi connectivity index (χ3v) is 12.3. The number of nitro benzene ring substituents is 1. The van der Waals surface area contributed by atoms with E-state index in [1.807, 2.05) is 13.8 Å². The first kappa shape index (κ1) is 42.5. The number of esters is 2. The molecule has 1 aromatic rings. The van der Waals surface area contributed by atoms with E-state index in [2.05, 4.69) is 57.3 Å². The molecule has 0 bridgehead atoms. The summed E-state index contributed by atoms with van der Waals surface area (Å²) in [6.07, 6.45) is 18.5. The number of benzene rings is 1. The van der Waals surface area contributed by atoms with E-state index in [1.54, 1.807) is 6.08 Å². The van der Waals surface area contributed by atoms with E-state index in [0.29, 0.717) is 68.5 Å². The van der Waals surface area contributed by atoms with Crippen LogP contribution in [0.2, 0.25) is 0 Å². The van der Waals surface area contributed by atoms with Crippen molar-refractivity contribution < 1.29 is 30.5 Å². The summed E-state index contributed by atoms with van der Waals surface area (Å²) in [6, 6.07) is 4.22. The van der Waals surface area contributed by atoms with Gasteiger partial charge in [0.2, 0.25) is 0 Å². The molecule has 4 rings (SSSR count). The number of nitrogens with zero attached hydrogens (tertiary/aromatic N) is 4. The first-order valence-corrected chi connectivity index (χ1v) is 21.0. The molecule has 3 aliphatic carbocycles. The minimum absolute atomic E-state index is 0.130. The van der Waals surface area contributed by atoms with E-state index in [9.17, 15) is 24.8 Å². The lowest BCUT2D eigenvalue weighted by Gasteiger charge is -2.44. The summed E-state index contributed by atoms with van der Waals surface area (Å²) < 4.78 is 19.8. The summed E-state index contributed by atoms with van der Waals surface area (Å²) in [5.41, 5.74) is 11.9. The molecule has 0 radical (unpaired) electrons. The van der Waals surface area contributed by atoms with E-state index in [4.69, 9.17) is 16.4 Å². The first-order valence-electron chi connectivity index (χ1n) is 20.5. The number of halogens is 1. The maximum absolute atomic E-state index is 12.7. The Bertz CT molecular complexity index is 1690. The lowest BCUT2D eigenvalue weighted by Crippen LogP contribution is -2.36. The lowest BCUT2D eigenvalue weighted by molar-refractivity contribution is -0.383. The van der Waals surface area contributed by atoms with Gasteiger partial charge in [0, 0.05) is 36.1 Å². The smallest absolute Gasteiger partial charge is 0.316 e. The number of rotatable bonds is 19. The van der Waals surface area contributed by atoms with E-state index in [-0.39, 0.29) is 40.6 Å². The number of hydrogen-bond donors (Lipinski definition) is 2. The Morgan fingerprint density at radius 1 is 1.25 bits per heavy atom. The zero-order valence-corrected chi connectivity index (χ0v) is 34.5. The number of hydrogen-bond acceptors (Lipinski definition) is 9. The highest BCUT2D eigenvalue weighted by molar-refractivity contribution is 9.09. The highest BCUT2D eigenvalue weighted by Gasteiger charge is 2.50. The summed E-state index contributed by atoms with van der Waals surface area (Å²) >= 11 is 3.20. The van der Waals surface area contributed by atoms with Crippen molar-refractivity contribution in [3.05, 3.63) is 73.7 Å². The van der Waals surface area contributed by atoms with Crippen LogP contribution >= 0.6 is 15.9 Å². The van der Waals surface area contributed by atoms with Crippen molar-refractivity contribution in [3.63, 3.8) is 0 Å². The van der Waals surface area contributed by atoms with Gasteiger partial charge in [0.05, 0.1) is 11.9 Å². The van der Waals surface area contributed by atoms with Crippen LogP contribution < -0.4 is 5.32 Å². The molecule has 0 saturated heterocycles. The maximum Gasteiger partial charge on any atom is 0.316 e. The summed E-state index contributed by atoms with van der Waals surface area (Å²) in [4.78, 5) is 38.4. The SMILES string of the molecule is [3H]C(\C=C1/CC[C@H](O[14C](=O)CBr)C/C1=C/C=C1\CCC[C@]2(C)[C@@H]([C@H](C)CCCC(C)(C)O)CC[C@@H]12)OC(=O)CCCCCNc1ccc(N=[N+]=[N-])cc1[N+](=O)[O-]. The van der Waals surface area contributed by atoms with Crippen molar-refractivity contribution in [1.29, 1.82) is 0 Å². The van der Waals surface area contributed by atoms with Crippen molar-refractivity contribution in [3.8, 4) is 0 Å². The zero-order chi connectivity index (χ0) is 40.9. The van der Waals surface area contributed by atoms with Crippen LogP contribution in [0.5, 0.6) is 0 Å². The van der Waals surface area contributed by atoms with Crippen LogP contribution in [-0.2, 0) is 19.1 Å². The molecular formula is C42H60BrN5O7. The molecule has 1 unspecified atom stereocenters. The summed E-state index contributed by atoms with van der Waals surface area (Å²) in [6.45, 7) is 7.94. The Hall–Kier alpha value is -3.67. The average Bonchev–Trinajstić information content (AvgIpc) is 3.50. The number of nitrogens with one attached hydrogen (secondary N) is 1. The third-order valence-electron chi connectivity index (χ3n) is 11.9. The number of allylic oxidation sites excluding steroid dienone is 4. The fourth-order valence-corrected chi connectivity index (χ4v) is 9.23. The Kier molecular flexibility index (Phi) is 16.2. The number of anilines is 1. The number of carbonyl (C=O) groups is 2. The normalized spacial score (nSPS) is 26.1. The molecule has 12 nitrogen and oxygen atoms in total. The predicted molar refractivity (Wildman–Crippen MR) is 219 cm³/mol. The molecular weight excluding hydrogens is 768 g/mol. The van der Waals surface area contributed by atoms with Crippen LogP contribution in [-0.4, -0.2) is 52.1 Å². The fraction of sp³-hybridized carbons (Fsp3) is 0.667. The van der Waals surface area contributed by atoms with Crippen molar-refractivity contribution >= 4 is 44.9 Å². The topological polar surface area (TPSA) is 177 Å². The molecule has 302 valence electrons. The molecule has 6 atom stereocenters. The number of aliphatic hydroxyl groups is 1. The molecule has 0 aliphatic heterocycles. The van der Waals surface area contributed by atoms with Gasteiger partial charge in [-0.15, -0.1) is 0 Å². The Labute approximate surface area is 335 Å². The van der Waals surface area contributed by atoms with E-state index < -0.39 is 23.1 Å². The number of carbonyl (C=O) groups excluding carboxylic acids is 2. The standard InChI is InChI=1S/C42H60BrN5O7/c1-29(10-8-22-41(2,3)51)35-18-19-36-31(11-9-23-42(35,36)4)13-14-32-26-34(55-40(50)28-43)17-15-30(32)21-25-54-39(49)12-6-5-7-24-45-37-20-16-33(46-47-44)27-38(37)48(52)53/h13-14,16,20-21,27,29,34-36,45,51H,5-12,15,17-19,22-26,28H2,1-4H3/b30-21+,31-13+,32-14-/t29-,34+,35-,36+,42-/m1/s1/i25T,40+2/t25?,29-,34+,35-,36+,42-. The number of unbranched alkanes of at least 4 members (excludes halogenated alkanes) is 2. The van der Waals surface area contributed by atoms with Crippen LogP contribution in [0.15, 0.2) is 58.3 Å². The van der Waals surface area contributed by atoms with Crippen molar-refractivity contribution in [2.45, 2.75) is 136 Å². The van der Waals surface area contributed by atoms with Gasteiger partial charge in [-0.2, -0.15) is 0 Å². The lowest BCUT2D eigenvalue weighted by atomic mass is 9.60. The molecule has 0 amide bonds. The molecule has 3 saturated carbocycles. The maximum atomic E-state index is 12.7. The number of azide groups is 1.